The highest BCUT2D eigenvalue weighted by molar-refractivity contribution is 5.57. The fraction of sp³-hybridized carbons (Fsp3) is 0.500. The molecule has 2 nitrogen and oxygen atoms in total. The van der Waals surface area contributed by atoms with Crippen molar-refractivity contribution >= 4 is 6.29 Å². The molecule has 0 rings (SSSR count). The molecule has 0 spiro atoms. The van der Waals surface area contributed by atoms with Gasteiger partial charge in [-0.1, -0.05) is 0 Å². The van der Waals surface area contributed by atoms with E-state index >= 15 is 0 Å². The largest absolute Gasteiger partial charge is 0.458 e. The molecule has 7 heavy (non-hydrogen) atoms. The van der Waals surface area contributed by atoms with Gasteiger partial charge in [0.25, 0.3) is 0 Å². The number of rotatable bonds is 0. The summed E-state index contributed by atoms with van der Waals surface area (Å²) in [7, 11) is 0. The van der Waals surface area contributed by atoms with Crippen molar-refractivity contribution in [2.24, 2.45) is 0 Å². The molecule has 0 fully saturated rings. The third-order valence-corrected chi connectivity index (χ3v) is 0.116. The smallest absolute Gasteiger partial charge is 0.412 e. The van der Waals surface area contributed by atoms with Gasteiger partial charge in [0.05, 0.1) is 0 Å². The summed E-state index contributed by atoms with van der Waals surface area (Å²) in [6.45, 7) is 0. The second-order valence-corrected chi connectivity index (χ2v) is 0.600. The molecule has 0 saturated carbocycles. The first-order valence-electron chi connectivity index (χ1n) is 1.02. The van der Waals surface area contributed by atoms with E-state index in [4.69, 9.17) is 4.79 Å². The van der Waals surface area contributed by atoms with Gasteiger partial charge in [-0.25, -0.2) is 0 Å². The Morgan fingerprint density at radius 2 is 1.43 bits per heavy atom. The Balaban J connectivity index is 0. The van der Waals surface area contributed by atoms with Crippen LogP contribution in [-0.2, 0) is 4.79 Å². The molecule has 0 aromatic carbocycles. The zero-order valence-electron chi connectivity index (χ0n) is 3.04. The van der Waals surface area contributed by atoms with Gasteiger partial charge in [0, 0.05) is 0 Å². The van der Waals surface area contributed by atoms with E-state index in [1.165, 1.54) is 0 Å². The van der Waals surface area contributed by atoms with Crippen LogP contribution in [0.5, 0.6) is 0 Å². The minimum absolute atomic E-state index is 0. The number of alkyl halides is 3. The van der Waals surface area contributed by atoms with E-state index in [0.717, 1.165) is 0 Å². The zero-order valence-corrected chi connectivity index (χ0v) is 3.04. The lowest BCUT2D eigenvalue weighted by molar-refractivity contribution is -0.0600. The highest BCUT2D eigenvalue weighted by Gasteiger charge is 2.27. The van der Waals surface area contributed by atoms with Crippen LogP contribution in [0, 0.1) is 0 Å². The zero-order chi connectivity index (χ0) is 5.21. The minimum Gasteiger partial charge on any atom is -0.412 e. The van der Waals surface area contributed by atoms with Crippen LogP contribution in [-0.4, -0.2) is 17.9 Å². The average molecular weight is 115 g/mol. The standard InChI is InChI=1S/C2F3O.H2O/c3-2(4,5)1-6;/h;1H2. The molecule has 0 bridgehead atoms. The van der Waals surface area contributed by atoms with E-state index in [1.807, 2.05) is 0 Å². The summed E-state index contributed by atoms with van der Waals surface area (Å²) in [5.41, 5.74) is 0. The predicted octanol–water partition coefficient (Wildman–Crippen LogP) is -0.166. The molecule has 0 aromatic heterocycles. The van der Waals surface area contributed by atoms with Crippen molar-refractivity contribution in [1.82, 2.24) is 0 Å². The van der Waals surface area contributed by atoms with Crippen molar-refractivity contribution in [2.75, 3.05) is 0 Å². The SMILES string of the molecule is O.O=[C]C(F)(F)F. The van der Waals surface area contributed by atoms with E-state index in [0.29, 0.717) is 0 Å². The van der Waals surface area contributed by atoms with Gasteiger partial charge in [-0.2, -0.15) is 13.2 Å². The van der Waals surface area contributed by atoms with Crippen LogP contribution in [0.15, 0.2) is 0 Å². The quantitative estimate of drug-likeness (QED) is 0.432. The molecular formula is C2H2F3O2. The number of carbonyl (C=O) groups excluding carboxylic acids is 1. The maximum atomic E-state index is 10.4. The fourth-order valence-electron chi connectivity index (χ4n) is 0. The predicted molar refractivity (Wildman–Crippen MR) is 15.4 cm³/mol. The number of hydrogen-bond acceptors (Lipinski definition) is 1. The summed E-state index contributed by atoms with van der Waals surface area (Å²) in [4.78, 5) is 8.58. The second-order valence-electron chi connectivity index (χ2n) is 0.600. The number of hydrogen-bond donors (Lipinski definition) is 0. The summed E-state index contributed by atoms with van der Waals surface area (Å²) in [6, 6.07) is 0. The highest BCUT2D eigenvalue weighted by atomic mass is 19.4. The Kier molecular flexibility index (Phi) is 3.54. The summed E-state index contributed by atoms with van der Waals surface area (Å²) in [6.07, 6.45) is -4.91. The van der Waals surface area contributed by atoms with E-state index in [2.05, 4.69) is 0 Å². The fourth-order valence-corrected chi connectivity index (χ4v) is 0. The molecule has 0 unspecified atom stereocenters. The van der Waals surface area contributed by atoms with Gasteiger partial charge in [-0.15, -0.1) is 0 Å². The number of halogens is 3. The Labute approximate surface area is 37.2 Å². The van der Waals surface area contributed by atoms with Crippen LogP contribution in [0.2, 0.25) is 0 Å². The molecular weight excluding hydrogens is 113 g/mol. The van der Waals surface area contributed by atoms with Crippen molar-refractivity contribution < 1.29 is 23.4 Å². The van der Waals surface area contributed by atoms with Crippen molar-refractivity contribution in [3.05, 3.63) is 0 Å². The molecule has 0 aromatic rings. The first-order valence-corrected chi connectivity index (χ1v) is 1.02. The van der Waals surface area contributed by atoms with E-state index in [-0.39, 0.29) is 11.8 Å². The minimum atomic E-state index is -4.76. The lowest BCUT2D eigenvalue weighted by Crippen LogP contribution is -2.06. The van der Waals surface area contributed by atoms with Crippen LogP contribution in [0.25, 0.3) is 0 Å². The van der Waals surface area contributed by atoms with Gasteiger partial charge in [0.15, 0.2) is 0 Å². The molecule has 0 amide bonds. The molecule has 0 aliphatic heterocycles. The van der Waals surface area contributed by atoms with Gasteiger partial charge in [0.2, 0.25) is 0 Å². The van der Waals surface area contributed by atoms with E-state index < -0.39 is 6.18 Å². The third kappa shape index (κ3) is 10.8. The van der Waals surface area contributed by atoms with Crippen molar-refractivity contribution in [3.8, 4) is 0 Å². The van der Waals surface area contributed by atoms with Crippen LogP contribution in [0.3, 0.4) is 0 Å². The Hall–Kier alpha value is -0.580. The maximum Gasteiger partial charge on any atom is 0.458 e. The van der Waals surface area contributed by atoms with Crippen LogP contribution < -0.4 is 0 Å². The normalized spacial score (nSPS) is 9.57. The van der Waals surface area contributed by atoms with Crippen LogP contribution >= 0.6 is 0 Å². The molecule has 0 aliphatic carbocycles. The topological polar surface area (TPSA) is 48.6 Å². The molecule has 1 radical (unpaired) electrons. The van der Waals surface area contributed by atoms with Crippen molar-refractivity contribution in [3.63, 3.8) is 0 Å². The lowest BCUT2D eigenvalue weighted by atomic mass is 10.8. The monoisotopic (exact) mass is 115 g/mol. The molecule has 43 valence electrons. The highest BCUT2D eigenvalue weighted by Crippen LogP contribution is 2.08. The average Bonchev–Trinajstić information content (AvgIpc) is 1.35. The maximum absolute atomic E-state index is 10.4. The lowest BCUT2D eigenvalue weighted by Gasteiger charge is -1.85. The molecule has 5 heteroatoms. The molecule has 2 N–H and O–H groups in total. The second kappa shape index (κ2) is 2.57. The van der Waals surface area contributed by atoms with Crippen molar-refractivity contribution in [1.29, 1.82) is 0 Å². The van der Waals surface area contributed by atoms with Gasteiger partial charge >= 0.3 is 12.5 Å². The van der Waals surface area contributed by atoms with E-state index in [1.54, 1.807) is 0 Å². The summed E-state index contributed by atoms with van der Waals surface area (Å²) in [5.74, 6) is 0. The van der Waals surface area contributed by atoms with Crippen LogP contribution in [0.1, 0.15) is 0 Å². The summed E-state index contributed by atoms with van der Waals surface area (Å²) >= 11 is 0. The summed E-state index contributed by atoms with van der Waals surface area (Å²) in [5, 5.41) is 0. The Morgan fingerprint density at radius 3 is 1.43 bits per heavy atom. The first-order chi connectivity index (χ1) is 2.56. The third-order valence-electron chi connectivity index (χ3n) is 0.116. The Morgan fingerprint density at radius 1 is 1.29 bits per heavy atom. The van der Waals surface area contributed by atoms with E-state index in [9.17, 15) is 13.2 Å². The molecule has 0 atom stereocenters. The van der Waals surface area contributed by atoms with Gasteiger partial charge < -0.3 is 5.48 Å². The summed E-state index contributed by atoms with van der Waals surface area (Å²) < 4.78 is 31.1. The van der Waals surface area contributed by atoms with Gasteiger partial charge in [-0.3, -0.25) is 4.79 Å². The molecule has 0 saturated heterocycles. The Bertz CT molecular complexity index is 56.4. The molecule has 0 aliphatic rings. The van der Waals surface area contributed by atoms with Gasteiger partial charge in [0.1, 0.15) is 0 Å². The van der Waals surface area contributed by atoms with Gasteiger partial charge in [-0.05, 0) is 0 Å². The first kappa shape index (κ1) is 9.65. The molecule has 0 heterocycles. The van der Waals surface area contributed by atoms with Crippen LogP contribution in [0.4, 0.5) is 13.2 Å². The van der Waals surface area contributed by atoms with Crippen molar-refractivity contribution in [2.45, 2.75) is 6.18 Å².